The van der Waals surface area contributed by atoms with E-state index >= 15 is 0 Å². The summed E-state index contributed by atoms with van der Waals surface area (Å²) < 4.78 is 49.6. The van der Waals surface area contributed by atoms with Gasteiger partial charge in [0, 0.05) is 6.26 Å². The largest absolute Gasteiger partial charge is 0.345 e. The van der Waals surface area contributed by atoms with Gasteiger partial charge in [0.1, 0.15) is 11.2 Å². The van der Waals surface area contributed by atoms with Gasteiger partial charge in [-0.1, -0.05) is 0 Å². The van der Waals surface area contributed by atoms with Crippen LogP contribution >= 0.6 is 0 Å². The summed E-state index contributed by atoms with van der Waals surface area (Å²) in [6.07, 6.45) is 2.10. The highest BCUT2D eigenvalue weighted by Gasteiger charge is 2.24. The third kappa shape index (κ3) is 2.05. The van der Waals surface area contributed by atoms with Crippen LogP contribution < -0.4 is 5.32 Å². The molecule has 1 N–H and O–H groups in total. The minimum atomic E-state index is -3.80. The van der Waals surface area contributed by atoms with Crippen molar-refractivity contribution in [3.63, 3.8) is 0 Å². The lowest BCUT2D eigenvalue weighted by Crippen LogP contribution is -2.13. The first-order valence-corrected chi connectivity index (χ1v) is 7.95. The van der Waals surface area contributed by atoms with Crippen LogP contribution in [-0.4, -0.2) is 29.4 Å². The summed E-state index contributed by atoms with van der Waals surface area (Å²) in [7, 11) is -7.26. The second-order valence-corrected chi connectivity index (χ2v) is 7.32. The fourth-order valence-electron chi connectivity index (χ4n) is 1.62. The number of benzene rings is 1. The highest BCUT2D eigenvalue weighted by atomic mass is 32.2. The van der Waals surface area contributed by atoms with Gasteiger partial charge in [-0.05, 0) is 24.6 Å². The van der Waals surface area contributed by atoms with E-state index in [-0.39, 0.29) is 9.79 Å². The van der Waals surface area contributed by atoms with Gasteiger partial charge in [-0.15, -0.1) is 4.40 Å². The Morgan fingerprint density at radius 3 is 2.53 bits per heavy atom. The molecule has 0 radical (unpaired) electrons. The second-order valence-electron chi connectivity index (χ2n) is 3.74. The molecular formula is C9H10N2O4S2. The molecule has 0 aliphatic carbocycles. The molecule has 6 nitrogen and oxygen atoms in total. The zero-order valence-corrected chi connectivity index (χ0v) is 10.8. The van der Waals surface area contributed by atoms with Crippen LogP contribution in [0.15, 0.2) is 26.3 Å². The summed E-state index contributed by atoms with van der Waals surface area (Å²) in [4.78, 5) is -0.121. The van der Waals surface area contributed by atoms with Crippen LogP contribution in [0.5, 0.6) is 0 Å². The van der Waals surface area contributed by atoms with Crippen LogP contribution in [0.2, 0.25) is 0 Å². The van der Waals surface area contributed by atoms with Gasteiger partial charge in [-0.3, -0.25) is 0 Å². The van der Waals surface area contributed by atoms with E-state index in [0.29, 0.717) is 11.3 Å². The fourth-order valence-corrected chi connectivity index (χ4v) is 3.64. The van der Waals surface area contributed by atoms with Gasteiger partial charge in [-0.25, -0.2) is 8.42 Å². The number of nitrogens with zero attached hydrogens (tertiary/aromatic N) is 1. The SMILES string of the molecule is Cc1cc2c(cc1S(C)(=O)=O)S(=O)(=O)N=CN2. The van der Waals surface area contributed by atoms with Gasteiger partial charge < -0.3 is 5.32 Å². The van der Waals surface area contributed by atoms with Crippen molar-refractivity contribution in [3.05, 3.63) is 17.7 Å². The van der Waals surface area contributed by atoms with E-state index in [1.807, 2.05) is 0 Å². The van der Waals surface area contributed by atoms with Crippen LogP contribution in [0.1, 0.15) is 5.56 Å². The molecule has 0 atom stereocenters. The van der Waals surface area contributed by atoms with E-state index < -0.39 is 19.9 Å². The number of hydrogen-bond acceptors (Lipinski definition) is 5. The number of hydrogen-bond donors (Lipinski definition) is 1. The van der Waals surface area contributed by atoms with E-state index in [2.05, 4.69) is 9.71 Å². The quantitative estimate of drug-likeness (QED) is 0.807. The van der Waals surface area contributed by atoms with Crippen molar-refractivity contribution in [2.24, 2.45) is 4.40 Å². The maximum Gasteiger partial charge on any atom is 0.285 e. The van der Waals surface area contributed by atoms with Gasteiger partial charge >= 0.3 is 0 Å². The molecule has 1 heterocycles. The van der Waals surface area contributed by atoms with E-state index in [1.54, 1.807) is 6.92 Å². The zero-order chi connectivity index (χ0) is 12.8. The fraction of sp³-hybridized carbons (Fsp3) is 0.222. The number of fused-ring (bicyclic) bond motifs is 1. The average Bonchev–Trinajstić information content (AvgIpc) is 2.13. The lowest BCUT2D eigenvalue weighted by atomic mass is 10.2. The minimum Gasteiger partial charge on any atom is -0.345 e. The Balaban J connectivity index is 2.82. The first-order chi connectivity index (χ1) is 7.72. The molecule has 1 aromatic carbocycles. The third-order valence-electron chi connectivity index (χ3n) is 2.37. The highest BCUT2D eigenvalue weighted by molar-refractivity contribution is 7.91. The highest BCUT2D eigenvalue weighted by Crippen LogP contribution is 2.30. The van der Waals surface area contributed by atoms with Crippen LogP contribution in [0, 0.1) is 6.92 Å². The predicted octanol–water partition coefficient (Wildman–Crippen LogP) is 0.541. The van der Waals surface area contributed by atoms with Crippen molar-refractivity contribution < 1.29 is 16.8 Å². The van der Waals surface area contributed by atoms with Crippen LogP contribution in [0.25, 0.3) is 0 Å². The summed E-state index contributed by atoms with van der Waals surface area (Å²) >= 11 is 0. The molecule has 17 heavy (non-hydrogen) atoms. The Morgan fingerprint density at radius 1 is 1.29 bits per heavy atom. The van der Waals surface area contributed by atoms with Crippen molar-refractivity contribution in [2.75, 3.05) is 11.6 Å². The Labute approximate surface area is 99.4 Å². The molecule has 92 valence electrons. The van der Waals surface area contributed by atoms with Crippen molar-refractivity contribution in [3.8, 4) is 0 Å². The normalized spacial score (nSPS) is 17.3. The molecular weight excluding hydrogens is 264 g/mol. The van der Waals surface area contributed by atoms with E-state index in [1.165, 1.54) is 6.07 Å². The summed E-state index contributed by atoms with van der Waals surface area (Å²) in [6, 6.07) is 2.62. The first-order valence-electron chi connectivity index (χ1n) is 4.62. The molecule has 0 bridgehead atoms. The molecule has 2 rings (SSSR count). The Bertz CT molecular complexity index is 718. The average molecular weight is 274 g/mol. The monoisotopic (exact) mass is 274 g/mol. The van der Waals surface area contributed by atoms with Gasteiger partial charge in [-0.2, -0.15) is 8.42 Å². The third-order valence-corrected chi connectivity index (χ3v) is 4.88. The molecule has 0 fully saturated rings. The molecule has 0 aromatic heterocycles. The number of sulfone groups is 1. The molecule has 0 unspecified atom stereocenters. The van der Waals surface area contributed by atoms with Crippen LogP contribution in [0.3, 0.4) is 0 Å². The van der Waals surface area contributed by atoms with E-state index in [9.17, 15) is 16.8 Å². The van der Waals surface area contributed by atoms with Crippen molar-refractivity contribution in [1.82, 2.24) is 0 Å². The summed E-state index contributed by atoms with van der Waals surface area (Å²) in [5, 5.41) is 2.67. The molecule has 0 saturated carbocycles. The molecule has 0 saturated heterocycles. The van der Waals surface area contributed by atoms with Gasteiger partial charge in [0.25, 0.3) is 10.0 Å². The Kier molecular flexibility index (Phi) is 2.51. The Morgan fingerprint density at radius 2 is 1.94 bits per heavy atom. The van der Waals surface area contributed by atoms with Crippen molar-refractivity contribution >= 4 is 31.9 Å². The maximum absolute atomic E-state index is 11.6. The molecule has 1 aliphatic rings. The predicted molar refractivity (Wildman–Crippen MR) is 63.6 cm³/mol. The van der Waals surface area contributed by atoms with E-state index in [0.717, 1.165) is 18.7 Å². The summed E-state index contributed by atoms with van der Waals surface area (Å²) in [5.74, 6) is 0. The summed E-state index contributed by atoms with van der Waals surface area (Å²) in [6.45, 7) is 1.61. The lowest BCUT2D eigenvalue weighted by molar-refractivity contribution is 0.597. The van der Waals surface area contributed by atoms with E-state index in [4.69, 9.17) is 0 Å². The maximum atomic E-state index is 11.6. The number of rotatable bonds is 1. The zero-order valence-electron chi connectivity index (χ0n) is 9.13. The van der Waals surface area contributed by atoms with Gasteiger partial charge in [0.15, 0.2) is 9.84 Å². The molecule has 8 heteroatoms. The van der Waals surface area contributed by atoms with Crippen molar-refractivity contribution in [1.29, 1.82) is 0 Å². The molecule has 1 aliphatic heterocycles. The summed E-state index contributed by atoms with van der Waals surface area (Å²) in [5.41, 5.74) is 0.828. The smallest absolute Gasteiger partial charge is 0.285 e. The van der Waals surface area contributed by atoms with Gasteiger partial charge in [0.05, 0.1) is 10.6 Å². The number of nitrogens with one attached hydrogen (secondary N) is 1. The van der Waals surface area contributed by atoms with Crippen molar-refractivity contribution in [2.45, 2.75) is 16.7 Å². The van der Waals surface area contributed by atoms with Crippen LogP contribution in [-0.2, 0) is 19.9 Å². The number of aryl methyl sites for hydroxylation is 1. The van der Waals surface area contributed by atoms with Crippen LogP contribution in [0.4, 0.5) is 5.69 Å². The molecule has 0 amide bonds. The topological polar surface area (TPSA) is 92.7 Å². The lowest BCUT2D eigenvalue weighted by Gasteiger charge is -2.14. The number of anilines is 1. The second kappa shape index (κ2) is 3.54. The first kappa shape index (κ1) is 12.1. The van der Waals surface area contributed by atoms with Gasteiger partial charge in [0.2, 0.25) is 0 Å². The molecule has 1 aromatic rings. The molecule has 0 spiro atoms. The standard InChI is InChI=1S/C9H10N2O4S2/c1-6-3-7-9(4-8(6)16(2,12)13)17(14,15)11-5-10-7/h3-5H,1-2H3,(H,10,11). The minimum absolute atomic E-state index is 0.00118. The number of sulfonamides is 1. The Hall–Kier alpha value is -1.41.